The lowest BCUT2D eigenvalue weighted by atomic mass is 9.97. The van der Waals surface area contributed by atoms with Crippen LogP contribution in [0.1, 0.15) is 33.1 Å². The molecule has 6 N–H and O–H groups in total. The summed E-state index contributed by atoms with van der Waals surface area (Å²) >= 11 is 3.90. The average molecular weight is 419 g/mol. The molecule has 0 aliphatic carbocycles. The van der Waals surface area contributed by atoms with E-state index < -0.39 is 54.5 Å². The molecule has 0 aromatic rings. The van der Waals surface area contributed by atoms with Gasteiger partial charge in [-0.15, -0.1) is 0 Å². The van der Waals surface area contributed by atoms with Crippen LogP contribution >= 0.6 is 12.6 Å². The van der Waals surface area contributed by atoms with Crippen molar-refractivity contribution in [3.63, 3.8) is 0 Å². The highest BCUT2D eigenvalue weighted by Gasteiger charge is 2.32. The maximum Gasteiger partial charge on any atom is 0.327 e. The van der Waals surface area contributed by atoms with Crippen LogP contribution < -0.4 is 21.3 Å². The van der Waals surface area contributed by atoms with Gasteiger partial charge in [-0.3, -0.25) is 14.4 Å². The van der Waals surface area contributed by atoms with Crippen LogP contribution in [0, 0.1) is 5.92 Å². The van der Waals surface area contributed by atoms with Gasteiger partial charge in [-0.1, -0.05) is 20.3 Å². The Hall–Kier alpha value is -1.85. The SMILES string of the molecule is CCC(C)C(NC(=O)C(CO)NC(=O)C1CCCN1)C(=O)NC(CS)C(=O)O. The average Bonchev–Trinajstić information content (AvgIpc) is 3.21. The monoisotopic (exact) mass is 418 g/mol. The fraction of sp³-hybridized carbons (Fsp3) is 0.765. The number of aliphatic hydroxyl groups excluding tert-OH is 1. The Morgan fingerprint density at radius 2 is 1.82 bits per heavy atom. The van der Waals surface area contributed by atoms with Crippen LogP contribution in [0.3, 0.4) is 0 Å². The summed E-state index contributed by atoms with van der Waals surface area (Å²) in [5, 5.41) is 28.9. The lowest BCUT2D eigenvalue weighted by Gasteiger charge is -2.27. The van der Waals surface area contributed by atoms with Crippen molar-refractivity contribution in [1.29, 1.82) is 0 Å². The Kier molecular flexibility index (Phi) is 10.3. The minimum atomic E-state index is -1.23. The van der Waals surface area contributed by atoms with E-state index in [0.29, 0.717) is 19.4 Å². The molecular formula is C17H30N4O6S. The second-order valence-electron chi connectivity index (χ2n) is 6.85. The number of aliphatic carboxylic acids is 1. The quantitative estimate of drug-likeness (QED) is 0.196. The number of aliphatic hydroxyl groups is 1. The van der Waals surface area contributed by atoms with E-state index in [1.807, 2.05) is 6.92 Å². The highest BCUT2D eigenvalue weighted by Crippen LogP contribution is 2.10. The van der Waals surface area contributed by atoms with Crippen LogP contribution in [0.25, 0.3) is 0 Å². The van der Waals surface area contributed by atoms with E-state index >= 15 is 0 Å². The Morgan fingerprint density at radius 1 is 1.14 bits per heavy atom. The van der Waals surface area contributed by atoms with Gasteiger partial charge in [0.2, 0.25) is 17.7 Å². The number of carboxylic acid groups (broad SMARTS) is 1. The molecule has 160 valence electrons. The molecule has 3 amide bonds. The number of nitrogens with one attached hydrogen (secondary N) is 4. The zero-order valence-electron chi connectivity index (χ0n) is 16.1. The molecular weight excluding hydrogens is 388 g/mol. The van der Waals surface area contributed by atoms with Crippen molar-refractivity contribution in [1.82, 2.24) is 21.3 Å². The summed E-state index contributed by atoms with van der Waals surface area (Å²) < 4.78 is 0. The first-order valence-corrected chi connectivity index (χ1v) is 9.97. The third-order valence-electron chi connectivity index (χ3n) is 4.78. The number of carbonyl (C=O) groups excluding carboxylic acids is 3. The molecule has 0 spiro atoms. The van der Waals surface area contributed by atoms with Crippen molar-refractivity contribution >= 4 is 36.3 Å². The molecule has 1 saturated heterocycles. The molecule has 28 heavy (non-hydrogen) atoms. The molecule has 0 aromatic carbocycles. The number of hydrogen-bond acceptors (Lipinski definition) is 7. The molecule has 10 nitrogen and oxygen atoms in total. The van der Waals surface area contributed by atoms with Gasteiger partial charge in [0, 0.05) is 5.75 Å². The third-order valence-corrected chi connectivity index (χ3v) is 5.15. The van der Waals surface area contributed by atoms with Gasteiger partial charge in [0.1, 0.15) is 18.1 Å². The predicted molar refractivity (Wildman–Crippen MR) is 105 cm³/mol. The minimum Gasteiger partial charge on any atom is -0.480 e. The normalized spacial score (nSPS) is 20.5. The molecule has 1 aliphatic heterocycles. The maximum absolute atomic E-state index is 12.5. The van der Waals surface area contributed by atoms with E-state index in [1.54, 1.807) is 6.92 Å². The van der Waals surface area contributed by atoms with Crippen molar-refractivity contribution in [3.05, 3.63) is 0 Å². The van der Waals surface area contributed by atoms with E-state index in [1.165, 1.54) is 0 Å². The summed E-state index contributed by atoms with van der Waals surface area (Å²) in [6.45, 7) is 3.63. The van der Waals surface area contributed by atoms with Crippen LogP contribution in [0.5, 0.6) is 0 Å². The van der Waals surface area contributed by atoms with Crippen LogP contribution in [-0.4, -0.2) is 77.0 Å². The number of thiol groups is 1. The van der Waals surface area contributed by atoms with Crippen LogP contribution in [0.2, 0.25) is 0 Å². The fourth-order valence-electron chi connectivity index (χ4n) is 2.78. The first-order chi connectivity index (χ1) is 13.2. The van der Waals surface area contributed by atoms with E-state index in [0.717, 1.165) is 6.42 Å². The summed E-state index contributed by atoms with van der Waals surface area (Å²) in [5.41, 5.74) is 0. The molecule has 0 aromatic heterocycles. The molecule has 1 aliphatic rings. The van der Waals surface area contributed by atoms with Gasteiger partial charge in [0.05, 0.1) is 12.6 Å². The number of carbonyl (C=O) groups is 4. The van der Waals surface area contributed by atoms with Gasteiger partial charge in [-0.25, -0.2) is 4.79 Å². The van der Waals surface area contributed by atoms with Crippen LogP contribution in [-0.2, 0) is 19.2 Å². The Balaban J connectivity index is 2.79. The molecule has 0 saturated carbocycles. The third kappa shape index (κ3) is 6.95. The number of carboxylic acids is 1. The molecule has 0 radical (unpaired) electrons. The lowest BCUT2D eigenvalue weighted by Crippen LogP contribution is -2.59. The summed E-state index contributed by atoms with van der Waals surface area (Å²) in [7, 11) is 0. The molecule has 11 heteroatoms. The van der Waals surface area contributed by atoms with Gasteiger partial charge >= 0.3 is 5.97 Å². The number of hydrogen-bond donors (Lipinski definition) is 7. The number of amides is 3. The first kappa shape index (κ1) is 24.2. The van der Waals surface area contributed by atoms with Crippen molar-refractivity contribution in [2.24, 2.45) is 5.92 Å². The molecule has 1 rings (SSSR count). The molecule has 5 atom stereocenters. The van der Waals surface area contributed by atoms with E-state index in [9.17, 15) is 24.3 Å². The van der Waals surface area contributed by atoms with E-state index in [-0.39, 0.29) is 11.7 Å². The van der Waals surface area contributed by atoms with Crippen molar-refractivity contribution < 1.29 is 29.4 Å². The smallest absolute Gasteiger partial charge is 0.327 e. The van der Waals surface area contributed by atoms with Gasteiger partial charge < -0.3 is 31.5 Å². The highest BCUT2D eigenvalue weighted by atomic mass is 32.1. The molecule has 0 bridgehead atoms. The van der Waals surface area contributed by atoms with Crippen molar-refractivity contribution in [2.75, 3.05) is 18.9 Å². The molecule has 1 fully saturated rings. The van der Waals surface area contributed by atoms with Gasteiger partial charge in [-0.05, 0) is 25.3 Å². The molecule has 5 unspecified atom stereocenters. The Bertz CT molecular complexity index is 570. The summed E-state index contributed by atoms with van der Waals surface area (Å²) in [6.07, 6.45) is 2.03. The van der Waals surface area contributed by atoms with Gasteiger partial charge in [0.15, 0.2) is 0 Å². The van der Waals surface area contributed by atoms with Crippen LogP contribution in [0.15, 0.2) is 0 Å². The van der Waals surface area contributed by atoms with Crippen molar-refractivity contribution in [3.8, 4) is 0 Å². The number of rotatable bonds is 11. The maximum atomic E-state index is 12.5. The zero-order valence-corrected chi connectivity index (χ0v) is 17.0. The first-order valence-electron chi connectivity index (χ1n) is 9.34. The minimum absolute atomic E-state index is 0.105. The Morgan fingerprint density at radius 3 is 2.29 bits per heavy atom. The van der Waals surface area contributed by atoms with Gasteiger partial charge in [0.25, 0.3) is 0 Å². The second kappa shape index (κ2) is 11.9. The highest BCUT2D eigenvalue weighted by molar-refractivity contribution is 7.80. The van der Waals surface area contributed by atoms with E-state index in [4.69, 9.17) is 5.11 Å². The zero-order chi connectivity index (χ0) is 21.3. The lowest BCUT2D eigenvalue weighted by molar-refractivity contribution is -0.142. The predicted octanol–water partition coefficient (Wildman–Crippen LogP) is -1.75. The largest absolute Gasteiger partial charge is 0.480 e. The van der Waals surface area contributed by atoms with E-state index in [2.05, 4.69) is 33.9 Å². The van der Waals surface area contributed by atoms with Gasteiger partial charge in [-0.2, -0.15) is 12.6 Å². The second-order valence-corrected chi connectivity index (χ2v) is 7.21. The summed E-state index contributed by atoms with van der Waals surface area (Å²) in [4.78, 5) is 48.3. The standard InChI is InChI=1S/C17H30N4O6S/c1-3-9(2)13(16(25)20-12(8-28)17(26)27)21-15(24)11(7-22)19-14(23)10-5-4-6-18-10/h9-13,18,22,28H,3-8H2,1-2H3,(H,19,23)(H,20,25)(H,21,24)(H,26,27). The summed E-state index contributed by atoms with van der Waals surface area (Å²) in [6, 6.07) is -3.84. The van der Waals surface area contributed by atoms with Crippen LogP contribution in [0.4, 0.5) is 0 Å². The Labute approximate surface area is 169 Å². The summed E-state index contributed by atoms with van der Waals surface area (Å²) in [5.74, 6) is -3.41. The topological polar surface area (TPSA) is 157 Å². The van der Waals surface area contributed by atoms with Crippen molar-refractivity contribution in [2.45, 2.75) is 57.3 Å². The molecule has 1 heterocycles. The fourth-order valence-corrected chi connectivity index (χ4v) is 3.02.